The molecule has 0 saturated carbocycles. The number of nitrogens with zero attached hydrogens (tertiary/aromatic N) is 1. The number of rotatable bonds is 2. The molecule has 6 heteroatoms. The fraction of sp³-hybridized carbons (Fsp3) is 0.357. The molecule has 106 valence electrons. The average molecular weight is 308 g/mol. The number of carbonyl (C=O) groups is 1. The lowest BCUT2D eigenvalue weighted by atomic mass is 10.0. The first-order chi connectivity index (χ1) is 9.74. The van der Waals surface area contributed by atoms with Crippen LogP contribution in [-0.4, -0.2) is 30.3 Å². The molecule has 2 aliphatic rings. The molecule has 1 fully saturated rings. The van der Waals surface area contributed by atoms with Crippen molar-refractivity contribution in [1.82, 2.24) is 4.67 Å². The first kappa shape index (κ1) is 14.0. The number of hydrogen-bond acceptors (Lipinski definition) is 3. The lowest BCUT2D eigenvalue weighted by Gasteiger charge is -2.27. The molecular weight excluding hydrogens is 290 g/mol. The lowest BCUT2D eigenvalue weighted by Crippen LogP contribution is -2.25. The fourth-order valence-electron chi connectivity index (χ4n) is 2.55. The molecule has 2 aliphatic heterocycles. The number of amides is 1. The van der Waals surface area contributed by atoms with Crippen LogP contribution in [-0.2, 0) is 4.79 Å². The zero-order valence-electron chi connectivity index (χ0n) is 11.2. The van der Waals surface area contributed by atoms with Gasteiger partial charge >= 0.3 is 0 Å². The summed E-state index contributed by atoms with van der Waals surface area (Å²) in [5.41, 5.74) is 3.35. The minimum atomic E-state index is -0.0876. The molecule has 2 heterocycles. The van der Waals surface area contributed by atoms with Crippen LogP contribution in [0.3, 0.4) is 0 Å². The Kier molecular flexibility index (Phi) is 4.35. The molecule has 1 N–H and O–H groups in total. The van der Waals surface area contributed by atoms with Gasteiger partial charge in [-0.3, -0.25) is 9.46 Å². The van der Waals surface area contributed by atoms with Gasteiger partial charge in [-0.25, -0.2) is 0 Å². The normalized spacial score (nSPS) is 21.9. The average Bonchev–Trinajstić information content (AvgIpc) is 2.47. The van der Waals surface area contributed by atoms with Crippen molar-refractivity contribution in [3.05, 3.63) is 29.3 Å². The van der Waals surface area contributed by atoms with Crippen molar-refractivity contribution >= 4 is 35.0 Å². The molecule has 1 aromatic carbocycles. The summed E-state index contributed by atoms with van der Waals surface area (Å²) in [6.07, 6.45) is 4.61. The Morgan fingerprint density at radius 1 is 1.45 bits per heavy atom. The SMILES string of the molecule is O=C1COc2ccc(/C=C3\CCCN(PP)C3)cc2N1. The van der Waals surface area contributed by atoms with Crippen molar-refractivity contribution < 1.29 is 9.53 Å². The molecule has 0 aromatic heterocycles. The Hall–Kier alpha value is -0.950. The van der Waals surface area contributed by atoms with E-state index in [0.29, 0.717) is 0 Å². The number of fused-ring (bicyclic) bond motifs is 1. The first-order valence-corrected chi connectivity index (χ1v) is 9.47. The van der Waals surface area contributed by atoms with Crippen molar-refractivity contribution in [3.8, 4) is 5.75 Å². The Bertz CT molecular complexity index is 560. The van der Waals surface area contributed by atoms with Gasteiger partial charge in [0.05, 0.1) is 5.69 Å². The van der Waals surface area contributed by atoms with E-state index >= 15 is 0 Å². The third-order valence-electron chi connectivity index (χ3n) is 3.51. The number of hydrogen-bond donors (Lipinski definition) is 1. The van der Waals surface area contributed by atoms with Crippen molar-refractivity contribution in [3.63, 3.8) is 0 Å². The quantitative estimate of drug-likeness (QED) is 0.854. The molecular formula is C14H18N2O2P2. The zero-order valence-corrected chi connectivity index (χ0v) is 13.3. The molecule has 20 heavy (non-hydrogen) atoms. The molecule has 4 nitrogen and oxygen atoms in total. The van der Waals surface area contributed by atoms with Crippen LogP contribution in [0, 0.1) is 0 Å². The Morgan fingerprint density at radius 3 is 3.20 bits per heavy atom. The third kappa shape index (κ3) is 3.20. The van der Waals surface area contributed by atoms with Gasteiger partial charge in [0.2, 0.25) is 0 Å². The highest BCUT2D eigenvalue weighted by Crippen LogP contribution is 2.33. The van der Waals surface area contributed by atoms with Crippen LogP contribution in [0.15, 0.2) is 23.8 Å². The number of ether oxygens (including phenoxy) is 1. The van der Waals surface area contributed by atoms with Crippen LogP contribution >= 0.6 is 17.3 Å². The topological polar surface area (TPSA) is 41.6 Å². The molecule has 0 bridgehead atoms. The van der Waals surface area contributed by atoms with Crippen molar-refractivity contribution in [1.29, 1.82) is 0 Å². The molecule has 0 radical (unpaired) electrons. The van der Waals surface area contributed by atoms with Gasteiger partial charge in [-0.1, -0.05) is 26.6 Å². The van der Waals surface area contributed by atoms with E-state index in [1.54, 1.807) is 0 Å². The summed E-state index contributed by atoms with van der Waals surface area (Å²) in [6.45, 7) is 2.34. The summed E-state index contributed by atoms with van der Waals surface area (Å²) >= 11 is 0. The molecule has 1 aromatic rings. The van der Waals surface area contributed by atoms with E-state index in [9.17, 15) is 4.79 Å². The summed E-state index contributed by atoms with van der Waals surface area (Å²) in [7, 11) is 3.60. The number of benzene rings is 1. The highest BCUT2D eigenvalue weighted by atomic mass is 32.0. The summed E-state index contributed by atoms with van der Waals surface area (Å²) in [5, 5.41) is 2.85. The van der Waals surface area contributed by atoms with E-state index in [-0.39, 0.29) is 12.5 Å². The smallest absolute Gasteiger partial charge is 0.262 e. The van der Waals surface area contributed by atoms with E-state index in [4.69, 9.17) is 4.74 Å². The van der Waals surface area contributed by atoms with Gasteiger partial charge < -0.3 is 10.1 Å². The summed E-state index contributed by atoms with van der Waals surface area (Å²) < 4.78 is 7.82. The van der Waals surface area contributed by atoms with E-state index in [0.717, 1.165) is 38.4 Å². The van der Waals surface area contributed by atoms with Crippen LogP contribution in [0.2, 0.25) is 0 Å². The number of anilines is 1. The number of piperidine rings is 1. The Balaban J connectivity index is 1.80. The minimum Gasteiger partial charge on any atom is -0.482 e. The van der Waals surface area contributed by atoms with E-state index in [1.165, 1.54) is 18.5 Å². The van der Waals surface area contributed by atoms with Gasteiger partial charge in [0.15, 0.2) is 6.61 Å². The first-order valence-electron chi connectivity index (χ1n) is 6.72. The molecule has 2 unspecified atom stereocenters. The van der Waals surface area contributed by atoms with Gasteiger partial charge in [-0.15, -0.1) is 0 Å². The van der Waals surface area contributed by atoms with Crippen molar-refractivity contribution in [2.75, 3.05) is 25.0 Å². The van der Waals surface area contributed by atoms with E-state index < -0.39 is 0 Å². The van der Waals surface area contributed by atoms with Crippen LogP contribution in [0.1, 0.15) is 18.4 Å². The van der Waals surface area contributed by atoms with Gasteiger partial charge in [0.1, 0.15) is 5.75 Å². The lowest BCUT2D eigenvalue weighted by molar-refractivity contribution is -0.118. The van der Waals surface area contributed by atoms with Gasteiger partial charge in [0, 0.05) is 13.1 Å². The fourth-order valence-corrected chi connectivity index (χ4v) is 3.80. The number of nitrogens with one attached hydrogen (secondary N) is 1. The monoisotopic (exact) mass is 308 g/mol. The van der Waals surface area contributed by atoms with Crippen LogP contribution < -0.4 is 10.1 Å². The highest BCUT2D eigenvalue weighted by Gasteiger charge is 2.16. The highest BCUT2D eigenvalue weighted by molar-refractivity contribution is 8.01. The Morgan fingerprint density at radius 2 is 2.35 bits per heavy atom. The zero-order chi connectivity index (χ0) is 13.9. The molecule has 0 aliphatic carbocycles. The second-order valence-electron chi connectivity index (χ2n) is 5.05. The summed E-state index contributed by atoms with van der Waals surface area (Å²) in [6, 6.07) is 5.96. The van der Waals surface area contributed by atoms with E-state index in [1.807, 2.05) is 18.2 Å². The van der Waals surface area contributed by atoms with Crippen molar-refractivity contribution in [2.24, 2.45) is 0 Å². The van der Waals surface area contributed by atoms with Gasteiger partial charge in [-0.05, 0) is 39.0 Å². The standard InChI is InChI=1S/C14H18N2O2P2/c17-14-9-18-13-4-3-10(7-12(13)15-14)6-11-2-1-5-16(8-11)20-19/h3-4,6-7,20H,1-2,5,8-9,19H2,(H,15,17)/b11-6+. The Labute approximate surface area is 122 Å². The second-order valence-corrected chi connectivity index (χ2v) is 6.71. The maximum absolute atomic E-state index is 11.3. The largest absolute Gasteiger partial charge is 0.482 e. The summed E-state index contributed by atoms with van der Waals surface area (Å²) in [5.74, 6) is 0.666. The van der Waals surface area contributed by atoms with Crippen LogP contribution in [0.5, 0.6) is 5.75 Å². The molecule has 0 spiro atoms. The van der Waals surface area contributed by atoms with Crippen LogP contribution in [0.4, 0.5) is 5.69 Å². The van der Waals surface area contributed by atoms with Gasteiger partial charge in [0.25, 0.3) is 5.91 Å². The molecule has 3 rings (SSSR count). The predicted octanol–water partition coefficient (Wildman–Crippen LogP) is 2.88. The minimum absolute atomic E-state index is 0.0876. The molecule has 2 atom stereocenters. The van der Waals surface area contributed by atoms with E-state index in [2.05, 4.69) is 25.0 Å². The number of carbonyl (C=O) groups excluding carboxylic acids is 1. The van der Waals surface area contributed by atoms with Crippen molar-refractivity contribution in [2.45, 2.75) is 12.8 Å². The van der Waals surface area contributed by atoms with Gasteiger partial charge in [-0.2, -0.15) is 0 Å². The maximum atomic E-state index is 11.3. The third-order valence-corrected chi connectivity index (χ3v) is 5.35. The maximum Gasteiger partial charge on any atom is 0.262 e. The second kappa shape index (κ2) is 6.22. The summed E-state index contributed by atoms with van der Waals surface area (Å²) in [4.78, 5) is 11.3. The predicted molar refractivity (Wildman–Crippen MR) is 87.4 cm³/mol. The van der Waals surface area contributed by atoms with Crippen LogP contribution in [0.25, 0.3) is 6.08 Å². The molecule has 1 amide bonds. The molecule has 1 saturated heterocycles.